The van der Waals surface area contributed by atoms with Gasteiger partial charge in [0.15, 0.2) is 0 Å². The van der Waals surface area contributed by atoms with Gasteiger partial charge in [-0.15, -0.1) is 0 Å². The Hall–Kier alpha value is -3.27. The number of allylic oxidation sites excluding steroid dienone is 5. The predicted octanol–water partition coefficient (Wildman–Crippen LogP) is 7.26. The van der Waals surface area contributed by atoms with E-state index in [1.165, 1.54) is 0 Å². The normalized spacial score (nSPS) is 16.2. The van der Waals surface area contributed by atoms with Crippen LogP contribution in [0, 0.1) is 12.3 Å². The number of rotatable bonds is 8. The molecule has 0 bridgehead atoms. The van der Waals surface area contributed by atoms with Crippen LogP contribution in [0.1, 0.15) is 48.1 Å². The standard InChI is InChI=1S/C27H28F2N2/c1-4-20-9-11-21(12-10-20)26(15-16-27(3,28)29)31-18-23-17-22(13-14-25(23)30)24-8-6-5-7-19(24)2/h4-14,17-18,26,30-31H,1,15-16H2,2-3H3/b23-18-,30-25?. The van der Waals surface area contributed by atoms with E-state index in [1.54, 1.807) is 18.4 Å². The molecular formula is C27H28F2N2. The molecule has 0 amide bonds. The van der Waals surface area contributed by atoms with Crippen molar-refractivity contribution in [2.75, 3.05) is 0 Å². The number of alkyl halides is 2. The number of halogens is 2. The Morgan fingerprint density at radius 1 is 1.10 bits per heavy atom. The Morgan fingerprint density at radius 3 is 2.45 bits per heavy atom. The minimum atomic E-state index is -2.73. The first-order chi connectivity index (χ1) is 14.8. The molecule has 0 aromatic heterocycles. The van der Waals surface area contributed by atoms with Crippen molar-refractivity contribution in [1.29, 1.82) is 5.41 Å². The Morgan fingerprint density at radius 2 is 1.81 bits per heavy atom. The monoisotopic (exact) mass is 418 g/mol. The van der Waals surface area contributed by atoms with Gasteiger partial charge < -0.3 is 10.7 Å². The van der Waals surface area contributed by atoms with Crippen LogP contribution in [0.25, 0.3) is 11.6 Å². The third kappa shape index (κ3) is 6.11. The molecule has 1 aliphatic rings. The first kappa shape index (κ1) is 22.4. The second-order valence-electron chi connectivity index (χ2n) is 7.96. The van der Waals surface area contributed by atoms with Crippen molar-refractivity contribution in [2.24, 2.45) is 0 Å². The van der Waals surface area contributed by atoms with Gasteiger partial charge in [0.05, 0.1) is 11.8 Å². The highest BCUT2D eigenvalue weighted by atomic mass is 19.3. The summed E-state index contributed by atoms with van der Waals surface area (Å²) >= 11 is 0. The summed E-state index contributed by atoms with van der Waals surface area (Å²) in [5.74, 6) is -2.73. The zero-order valence-electron chi connectivity index (χ0n) is 18.0. The Kier molecular flexibility index (Phi) is 7.01. The third-order valence-corrected chi connectivity index (χ3v) is 5.39. The molecule has 4 heteroatoms. The highest BCUT2D eigenvalue weighted by Gasteiger charge is 2.23. The van der Waals surface area contributed by atoms with Crippen molar-refractivity contribution in [3.05, 3.63) is 107 Å². The number of benzene rings is 2. The minimum Gasteiger partial charge on any atom is -0.384 e. The molecule has 2 aromatic rings. The average molecular weight is 419 g/mol. The largest absolute Gasteiger partial charge is 0.384 e. The van der Waals surface area contributed by atoms with Crippen LogP contribution in [0.2, 0.25) is 0 Å². The van der Waals surface area contributed by atoms with Gasteiger partial charge in [-0.05, 0) is 60.2 Å². The van der Waals surface area contributed by atoms with E-state index in [9.17, 15) is 8.78 Å². The van der Waals surface area contributed by atoms with Crippen LogP contribution in [-0.4, -0.2) is 11.6 Å². The molecule has 3 rings (SSSR count). The molecule has 0 fully saturated rings. The molecule has 0 spiro atoms. The number of hydrogen-bond acceptors (Lipinski definition) is 2. The van der Waals surface area contributed by atoms with Crippen LogP contribution in [0.5, 0.6) is 0 Å². The van der Waals surface area contributed by atoms with Crippen molar-refractivity contribution in [3.63, 3.8) is 0 Å². The fourth-order valence-electron chi connectivity index (χ4n) is 3.55. The molecule has 1 atom stereocenters. The zero-order chi connectivity index (χ0) is 22.4. The SMILES string of the molecule is C=Cc1ccc(C(CCC(C)(F)F)N/C=C2/C=C(c3ccccc3C)C=CC2=N)cc1. The highest BCUT2D eigenvalue weighted by molar-refractivity contribution is 6.13. The van der Waals surface area contributed by atoms with Crippen LogP contribution in [-0.2, 0) is 0 Å². The van der Waals surface area contributed by atoms with Crippen LogP contribution >= 0.6 is 0 Å². The summed E-state index contributed by atoms with van der Waals surface area (Å²) in [4.78, 5) is 0. The molecule has 0 aliphatic heterocycles. The lowest BCUT2D eigenvalue weighted by atomic mass is 9.93. The number of hydrogen-bond donors (Lipinski definition) is 2. The Labute approximate surface area is 183 Å². The molecule has 2 N–H and O–H groups in total. The van der Waals surface area contributed by atoms with E-state index in [4.69, 9.17) is 5.41 Å². The van der Waals surface area contributed by atoms with E-state index < -0.39 is 5.92 Å². The van der Waals surface area contributed by atoms with Gasteiger partial charge in [0.1, 0.15) is 0 Å². The summed E-state index contributed by atoms with van der Waals surface area (Å²) in [5.41, 5.74) is 6.29. The van der Waals surface area contributed by atoms with Gasteiger partial charge in [0.25, 0.3) is 0 Å². The molecule has 0 heterocycles. The fraction of sp³-hybridized carbons (Fsp3) is 0.222. The van der Waals surface area contributed by atoms with Gasteiger partial charge >= 0.3 is 0 Å². The molecule has 1 aliphatic carbocycles. The molecule has 0 radical (unpaired) electrons. The minimum absolute atomic E-state index is 0.224. The molecular weight excluding hydrogens is 390 g/mol. The molecule has 0 saturated heterocycles. The summed E-state index contributed by atoms with van der Waals surface area (Å²) < 4.78 is 27.1. The summed E-state index contributed by atoms with van der Waals surface area (Å²) in [7, 11) is 0. The van der Waals surface area contributed by atoms with E-state index in [0.29, 0.717) is 5.71 Å². The molecule has 0 saturated carbocycles. The molecule has 2 aromatic carbocycles. The fourth-order valence-corrected chi connectivity index (χ4v) is 3.55. The topological polar surface area (TPSA) is 35.9 Å². The average Bonchev–Trinajstić information content (AvgIpc) is 2.75. The quantitative estimate of drug-likeness (QED) is 0.465. The molecule has 160 valence electrons. The van der Waals surface area contributed by atoms with Crippen LogP contribution in [0.3, 0.4) is 0 Å². The second kappa shape index (κ2) is 9.69. The van der Waals surface area contributed by atoms with Gasteiger partial charge in [-0.3, -0.25) is 0 Å². The Balaban J connectivity index is 1.86. The second-order valence-corrected chi connectivity index (χ2v) is 7.96. The van der Waals surface area contributed by atoms with Crippen molar-refractivity contribution in [3.8, 4) is 0 Å². The maximum atomic E-state index is 13.5. The van der Waals surface area contributed by atoms with Gasteiger partial charge in [-0.25, -0.2) is 8.78 Å². The van der Waals surface area contributed by atoms with Crippen LogP contribution in [0.15, 0.2) is 85.1 Å². The summed E-state index contributed by atoms with van der Waals surface area (Å²) in [5, 5.41) is 11.6. The number of nitrogens with one attached hydrogen (secondary N) is 2. The third-order valence-electron chi connectivity index (χ3n) is 5.39. The zero-order valence-corrected chi connectivity index (χ0v) is 18.0. The van der Waals surface area contributed by atoms with Gasteiger partial charge in [-0.1, -0.05) is 67.3 Å². The first-order valence-electron chi connectivity index (χ1n) is 10.4. The van der Waals surface area contributed by atoms with Crippen LogP contribution < -0.4 is 5.32 Å². The predicted molar refractivity (Wildman–Crippen MR) is 126 cm³/mol. The van der Waals surface area contributed by atoms with Crippen molar-refractivity contribution < 1.29 is 8.78 Å². The van der Waals surface area contributed by atoms with E-state index in [2.05, 4.69) is 31.0 Å². The summed E-state index contributed by atoms with van der Waals surface area (Å²) in [6.07, 6.45) is 9.24. The van der Waals surface area contributed by atoms with E-state index in [-0.39, 0.29) is 18.9 Å². The van der Waals surface area contributed by atoms with Crippen molar-refractivity contribution >= 4 is 17.4 Å². The lowest BCUT2D eigenvalue weighted by Crippen LogP contribution is -2.21. The van der Waals surface area contributed by atoms with Gasteiger partial charge in [0, 0.05) is 18.2 Å². The smallest absolute Gasteiger partial charge is 0.245 e. The van der Waals surface area contributed by atoms with Crippen LogP contribution in [0.4, 0.5) is 8.78 Å². The summed E-state index contributed by atoms with van der Waals surface area (Å²) in [6.45, 7) is 6.76. The maximum Gasteiger partial charge on any atom is 0.245 e. The molecule has 1 unspecified atom stereocenters. The van der Waals surface area contributed by atoms with E-state index >= 15 is 0 Å². The Bertz CT molecular complexity index is 1040. The van der Waals surface area contributed by atoms with E-state index in [1.807, 2.05) is 48.6 Å². The summed E-state index contributed by atoms with van der Waals surface area (Å²) in [6, 6.07) is 15.5. The lowest BCUT2D eigenvalue weighted by Gasteiger charge is -2.21. The first-order valence-corrected chi connectivity index (χ1v) is 10.4. The van der Waals surface area contributed by atoms with Crippen molar-refractivity contribution in [2.45, 2.75) is 38.7 Å². The molecule has 2 nitrogen and oxygen atoms in total. The van der Waals surface area contributed by atoms with E-state index in [0.717, 1.165) is 40.3 Å². The lowest BCUT2D eigenvalue weighted by molar-refractivity contribution is 0.00858. The van der Waals surface area contributed by atoms with Gasteiger partial charge in [0.2, 0.25) is 5.92 Å². The maximum absolute atomic E-state index is 13.5. The highest BCUT2D eigenvalue weighted by Crippen LogP contribution is 2.28. The number of aryl methyl sites for hydroxylation is 1. The molecule has 31 heavy (non-hydrogen) atoms. The van der Waals surface area contributed by atoms with Crippen molar-refractivity contribution in [1.82, 2.24) is 5.32 Å². The van der Waals surface area contributed by atoms with Gasteiger partial charge in [-0.2, -0.15) is 0 Å².